The van der Waals surface area contributed by atoms with E-state index in [1.54, 1.807) is 6.33 Å². The van der Waals surface area contributed by atoms with Crippen LogP contribution in [0.25, 0.3) is 0 Å². The van der Waals surface area contributed by atoms with Crippen LogP contribution < -0.4 is 10.2 Å². The van der Waals surface area contributed by atoms with Gasteiger partial charge in [-0.1, -0.05) is 5.16 Å². The average Bonchev–Trinajstić information content (AvgIpc) is 3.35. The van der Waals surface area contributed by atoms with E-state index in [9.17, 15) is 0 Å². The Labute approximate surface area is 142 Å². The van der Waals surface area contributed by atoms with Crippen LogP contribution >= 0.6 is 0 Å². The summed E-state index contributed by atoms with van der Waals surface area (Å²) in [5.74, 6) is 3.73. The van der Waals surface area contributed by atoms with Gasteiger partial charge in [0.2, 0.25) is 0 Å². The van der Waals surface area contributed by atoms with Crippen LogP contribution in [0.2, 0.25) is 0 Å². The minimum atomic E-state index is 0.826. The Kier molecular flexibility index (Phi) is 4.34. The van der Waals surface area contributed by atoms with Crippen molar-refractivity contribution in [1.29, 1.82) is 0 Å². The topological polar surface area (TPSA) is 70.3 Å². The SMILES string of the molecule is Cc1cc(CN2CCN(c3cc(NCC4CC4)ncn3)CC2)on1. The van der Waals surface area contributed by atoms with Gasteiger partial charge in [0, 0.05) is 44.9 Å². The van der Waals surface area contributed by atoms with Gasteiger partial charge < -0.3 is 14.7 Å². The summed E-state index contributed by atoms with van der Waals surface area (Å²) in [6, 6.07) is 4.08. The maximum absolute atomic E-state index is 5.31. The van der Waals surface area contributed by atoms with Crippen molar-refractivity contribution in [2.75, 3.05) is 42.9 Å². The molecular formula is C17H24N6O. The zero-order chi connectivity index (χ0) is 16.4. The lowest BCUT2D eigenvalue weighted by Gasteiger charge is -2.34. The fourth-order valence-corrected chi connectivity index (χ4v) is 3.03. The third-order valence-corrected chi connectivity index (χ3v) is 4.67. The van der Waals surface area contributed by atoms with Gasteiger partial charge in [-0.25, -0.2) is 9.97 Å². The second-order valence-electron chi connectivity index (χ2n) is 6.78. The van der Waals surface area contributed by atoms with Crippen LogP contribution in [0.15, 0.2) is 23.0 Å². The van der Waals surface area contributed by atoms with Crippen molar-refractivity contribution in [1.82, 2.24) is 20.0 Å². The predicted molar refractivity (Wildman–Crippen MR) is 92.0 cm³/mol. The molecule has 2 fully saturated rings. The van der Waals surface area contributed by atoms with Gasteiger partial charge in [0.05, 0.1) is 12.2 Å². The van der Waals surface area contributed by atoms with Crippen LogP contribution in [0.4, 0.5) is 11.6 Å². The highest BCUT2D eigenvalue weighted by Gasteiger charge is 2.22. The van der Waals surface area contributed by atoms with E-state index in [0.717, 1.165) is 68.3 Å². The maximum Gasteiger partial charge on any atom is 0.150 e. The van der Waals surface area contributed by atoms with Gasteiger partial charge >= 0.3 is 0 Å². The predicted octanol–water partition coefficient (Wildman–Crippen LogP) is 1.92. The minimum Gasteiger partial charge on any atom is -0.370 e. The summed E-state index contributed by atoms with van der Waals surface area (Å²) >= 11 is 0. The van der Waals surface area contributed by atoms with Gasteiger partial charge in [-0.2, -0.15) is 0 Å². The second kappa shape index (κ2) is 6.76. The summed E-state index contributed by atoms with van der Waals surface area (Å²) in [6.07, 6.45) is 4.35. The van der Waals surface area contributed by atoms with E-state index >= 15 is 0 Å². The molecule has 1 N–H and O–H groups in total. The van der Waals surface area contributed by atoms with Gasteiger partial charge in [-0.3, -0.25) is 4.90 Å². The van der Waals surface area contributed by atoms with Gasteiger partial charge in [0.15, 0.2) is 5.76 Å². The Bertz CT molecular complexity index is 675. The third-order valence-electron chi connectivity index (χ3n) is 4.67. The van der Waals surface area contributed by atoms with Crippen molar-refractivity contribution >= 4 is 11.6 Å². The molecule has 7 nitrogen and oxygen atoms in total. The Morgan fingerprint density at radius 3 is 2.71 bits per heavy atom. The van der Waals surface area contributed by atoms with Gasteiger partial charge in [-0.05, 0) is 25.7 Å². The van der Waals surface area contributed by atoms with Gasteiger partial charge in [0.25, 0.3) is 0 Å². The lowest BCUT2D eigenvalue weighted by molar-refractivity contribution is 0.219. The van der Waals surface area contributed by atoms with Crippen molar-refractivity contribution < 1.29 is 4.52 Å². The third kappa shape index (κ3) is 3.84. The molecule has 1 saturated carbocycles. The molecule has 7 heteroatoms. The van der Waals surface area contributed by atoms with Crippen LogP contribution in [-0.2, 0) is 6.54 Å². The molecule has 24 heavy (non-hydrogen) atoms. The quantitative estimate of drug-likeness (QED) is 0.868. The largest absolute Gasteiger partial charge is 0.370 e. The normalized spacial score (nSPS) is 18.8. The summed E-state index contributed by atoms with van der Waals surface area (Å²) in [5.41, 5.74) is 0.941. The molecule has 1 aliphatic heterocycles. The number of nitrogens with one attached hydrogen (secondary N) is 1. The van der Waals surface area contributed by atoms with Crippen LogP contribution in [-0.4, -0.2) is 52.7 Å². The van der Waals surface area contributed by atoms with E-state index in [1.165, 1.54) is 12.8 Å². The summed E-state index contributed by atoms with van der Waals surface area (Å²) < 4.78 is 5.31. The zero-order valence-corrected chi connectivity index (χ0v) is 14.1. The number of anilines is 2. The number of aromatic nitrogens is 3. The highest BCUT2D eigenvalue weighted by molar-refractivity contribution is 5.48. The lowest BCUT2D eigenvalue weighted by atomic mass is 10.3. The smallest absolute Gasteiger partial charge is 0.150 e. The van der Waals surface area contributed by atoms with E-state index in [0.29, 0.717) is 0 Å². The molecule has 1 saturated heterocycles. The first kappa shape index (κ1) is 15.4. The first-order valence-electron chi connectivity index (χ1n) is 8.72. The molecule has 0 radical (unpaired) electrons. The molecule has 2 aliphatic rings. The first-order chi connectivity index (χ1) is 11.8. The molecule has 0 bridgehead atoms. The van der Waals surface area contributed by atoms with E-state index < -0.39 is 0 Å². The molecule has 0 spiro atoms. The highest BCUT2D eigenvalue weighted by atomic mass is 16.5. The van der Waals surface area contributed by atoms with Crippen LogP contribution in [0.5, 0.6) is 0 Å². The summed E-state index contributed by atoms with van der Waals surface area (Å²) in [5, 5.41) is 7.37. The number of hydrogen-bond donors (Lipinski definition) is 1. The van der Waals surface area contributed by atoms with Crippen LogP contribution in [0.3, 0.4) is 0 Å². The fourth-order valence-electron chi connectivity index (χ4n) is 3.03. The second-order valence-corrected chi connectivity index (χ2v) is 6.78. The number of piperazine rings is 1. The molecule has 0 aromatic carbocycles. The lowest BCUT2D eigenvalue weighted by Crippen LogP contribution is -2.46. The van der Waals surface area contributed by atoms with Gasteiger partial charge in [0.1, 0.15) is 18.0 Å². The van der Waals surface area contributed by atoms with Crippen LogP contribution in [0.1, 0.15) is 24.3 Å². The Morgan fingerprint density at radius 2 is 2.00 bits per heavy atom. The molecule has 0 unspecified atom stereocenters. The standard InChI is InChI=1S/C17H24N6O/c1-13-8-15(24-21-13)11-22-4-6-23(7-5-22)17-9-16(19-12-20-17)18-10-14-2-3-14/h8-9,12,14H,2-7,10-11H2,1H3,(H,18,19,20). The molecule has 2 aromatic rings. The van der Waals surface area contributed by atoms with E-state index in [1.807, 2.05) is 13.0 Å². The fraction of sp³-hybridized carbons (Fsp3) is 0.588. The van der Waals surface area contributed by atoms with E-state index in [2.05, 4.69) is 36.3 Å². The number of rotatable bonds is 6. The molecule has 0 amide bonds. The zero-order valence-electron chi connectivity index (χ0n) is 14.1. The average molecular weight is 328 g/mol. The van der Waals surface area contributed by atoms with Crippen molar-refractivity contribution in [3.05, 3.63) is 29.9 Å². The highest BCUT2D eigenvalue weighted by Crippen LogP contribution is 2.29. The van der Waals surface area contributed by atoms with Gasteiger partial charge in [-0.15, -0.1) is 0 Å². The Morgan fingerprint density at radius 1 is 1.17 bits per heavy atom. The summed E-state index contributed by atoms with van der Waals surface area (Å²) in [6.45, 7) is 7.73. The molecular weight excluding hydrogens is 304 g/mol. The minimum absolute atomic E-state index is 0.826. The maximum atomic E-state index is 5.31. The van der Waals surface area contributed by atoms with Crippen molar-refractivity contribution in [2.24, 2.45) is 5.92 Å². The molecule has 1 aliphatic carbocycles. The Hall–Kier alpha value is -2.15. The molecule has 2 aromatic heterocycles. The van der Waals surface area contributed by atoms with Crippen LogP contribution in [0, 0.1) is 12.8 Å². The Balaban J connectivity index is 1.30. The monoisotopic (exact) mass is 328 g/mol. The number of aryl methyl sites for hydroxylation is 1. The summed E-state index contributed by atoms with van der Waals surface area (Å²) in [4.78, 5) is 13.5. The molecule has 128 valence electrons. The molecule has 0 atom stereocenters. The summed E-state index contributed by atoms with van der Waals surface area (Å²) in [7, 11) is 0. The number of nitrogens with zero attached hydrogens (tertiary/aromatic N) is 5. The molecule has 3 heterocycles. The van der Waals surface area contributed by atoms with Crippen molar-refractivity contribution in [2.45, 2.75) is 26.3 Å². The van der Waals surface area contributed by atoms with Crippen molar-refractivity contribution in [3.63, 3.8) is 0 Å². The van der Waals surface area contributed by atoms with Crippen molar-refractivity contribution in [3.8, 4) is 0 Å². The number of hydrogen-bond acceptors (Lipinski definition) is 7. The molecule has 4 rings (SSSR count). The van der Waals surface area contributed by atoms with E-state index in [-0.39, 0.29) is 0 Å². The first-order valence-corrected chi connectivity index (χ1v) is 8.72. The van der Waals surface area contributed by atoms with E-state index in [4.69, 9.17) is 4.52 Å².